The van der Waals surface area contributed by atoms with Crippen LogP contribution in [0.25, 0.3) is 0 Å². The first-order chi connectivity index (χ1) is 12.7. The van der Waals surface area contributed by atoms with Crippen LogP contribution in [0.1, 0.15) is 30.1 Å². The Bertz CT molecular complexity index is 608. The molecular weight excluding hydrogens is 338 g/mol. The number of carbonyl (C=O) groups excluding carboxylic acids is 2. The fourth-order valence-corrected chi connectivity index (χ4v) is 3.03. The first kappa shape index (κ1) is 18.4. The summed E-state index contributed by atoms with van der Waals surface area (Å²) in [5.41, 5.74) is 0.522. The van der Waals surface area contributed by atoms with Gasteiger partial charge < -0.3 is 24.0 Å². The first-order valence-corrected chi connectivity index (χ1v) is 9.09. The standard InChI is InChI=1S/C18H25N3O5/c1-2-25-18(23)21-9-7-20(8-10-21)17(22)14-3-4-16(19-13-14)26-15-5-11-24-12-6-15/h3-4,13,15H,2,5-12H2,1H3. The first-order valence-electron chi connectivity index (χ1n) is 9.09. The van der Waals surface area contributed by atoms with E-state index in [-0.39, 0.29) is 18.1 Å². The Labute approximate surface area is 153 Å². The number of carbonyl (C=O) groups is 2. The zero-order valence-electron chi connectivity index (χ0n) is 15.1. The van der Waals surface area contributed by atoms with Gasteiger partial charge in [-0.1, -0.05) is 0 Å². The van der Waals surface area contributed by atoms with Crippen molar-refractivity contribution in [1.29, 1.82) is 0 Å². The van der Waals surface area contributed by atoms with Crippen LogP contribution < -0.4 is 4.74 Å². The maximum atomic E-state index is 12.6. The summed E-state index contributed by atoms with van der Waals surface area (Å²) in [6, 6.07) is 3.47. The van der Waals surface area contributed by atoms with E-state index in [1.807, 2.05) is 0 Å². The van der Waals surface area contributed by atoms with E-state index in [0.29, 0.717) is 57.4 Å². The Morgan fingerprint density at radius 1 is 1.15 bits per heavy atom. The van der Waals surface area contributed by atoms with E-state index >= 15 is 0 Å². The molecule has 8 nitrogen and oxygen atoms in total. The van der Waals surface area contributed by atoms with Gasteiger partial charge in [0.15, 0.2) is 0 Å². The molecule has 3 heterocycles. The molecule has 2 saturated heterocycles. The predicted octanol–water partition coefficient (Wildman–Crippen LogP) is 1.55. The highest BCUT2D eigenvalue weighted by Crippen LogP contribution is 2.17. The minimum atomic E-state index is -0.323. The molecule has 0 spiro atoms. The van der Waals surface area contributed by atoms with E-state index in [1.54, 1.807) is 35.1 Å². The number of rotatable bonds is 4. The minimum Gasteiger partial charge on any atom is -0.474 e. The average molecular weight is 363 g/mol. The van der Waals surface area contributed by atoms with Gasteiger partial charge >= 0.3 is 6.09 Å². The molecule has 142 valence electrons. The van der Waals surface area contributed by atoms with Gasteiger partial charge in [-0.2, -0.15) is 0 Å². The third kappa shape index (κ3) is 4.63. The molecule has 0 atom stereocenters. The number of ether oxygens (including phenoxy) is 3. The summed E-state index contributed by atoms with van der Waals surface area (Å²) >= 11 is 0. The number of hydrogen-bond acceptors (Lipinski definition) is 6. The normalized spacial score (nSPS) is 18.5. The summed E-state index contributed by atoms with van der Waals surface area (Å²) in [6.45, 7) is 5.46. The maximum Gasteiger partial charge on any atom is 0.409 e. The topological polar surface area (TPSA) is 81.2 Å². The Kier molecular flexibility index (Phi) is 6.27. The second-order valence-electron chi connectivity index (χ2n) is 6.29. The molecule has 1 aromatic rings. The lowest BCUT2D eigenvalue weighted by Crippen LogP contribution is -2.50. The summed E-state index contributed by atoms with van der Waals surface area (Å²) in [5, 5.41) is 0. The smallest absolute Gasteiger partial charge is 0.409 e. The van der Waals surface area contributed by atoms with Crippen molar-refractivity contribution in [1.82, 2.24) is 14.8 Å². The van der Waals surface area contributed by atoms with Crippen molar-refractivity contribution < 1.29 is 23.8 Å². The van der Waals surface area contributed by atoms with Gasteiger partial charge in [-0.15, -0.1) is 0 Å². The fourth-order valence-electron chi connectivity index (χ4n) is 3.03. The van der Waals surface area contributed by atoms with Crippen molar-refractivity contribution in [3.63, 3.8) is 0 Å². The highest BCUT2D eigenvalue weighted by molar-refractivity contribution is 5.94. The summed E-state index contributed by atoms with van der Waals surface area (Å²) < 4.78 is 16.1. The van der Waals surface area contributed by atoms with Gasteiger partial charge in [0.1, 0.15) is 6.10 Å². The van der Waals surface area contributed by atoms with Crippen molar-refractivity contribution in [2.24, 2.45) is 0 Å². The van der Waals surface area contributed by atoms with E-state index < -0.39 is 0 Å². The van der Waals surface area contributed by atoms with Crippen LogP contribution in [0.4, 0.5) is 4.79 Å². The summed E-state index contributed by atoms with van der Waals surface area (Å²) in [6.07, 6.45) is 3.05. The van der Waals surface area contributed by atoms with Crippen LogP contribution in [0.15, 0.2) is 18.3 Å². The molecule has 2 fully saturated rings. The molecule has 0 unspecified atom stereocenters. The SMILES string of the molecule is CCOC(=O)N1CCN(C(=O)c2ccc(OC3CCOCC3)nc2)CC1. The maximum absolute atomic E-state index is 12.6. The number of nitrogens with zero attached hydrogens (tertiary/aromatic N) is 3. The molecule has 2 aliphatic heterocycles. The highest BCUT2D eigenvalue weighted by Gasteiger charge is 2.25. The van der Waals surface area contributed by atoms with Gasteiger partial charge in [0, 0.05) is 51.3 Å². The Hall–Kier alpha value is -2.35. The molecule has 3 rings (SSSR count). The van der Waals surface area contributed by atoms with Crippen LogP contribution in [0, 0.1) is 0 Å². The zero-order chi connectivity index (χ0) is 18.4. The molecule has 0 N–H and O–H groups in total. The predicted molar refractivity (Wildman–Crippen MR) is 93.2 cm³/mol. The van der Waals surface area contributed by atoms with Crippen LogP contribution >= 0.6 is 0 Å². The van der Waals surface area contributed by atoms with Crippen LogP contribution in [0.3, 0.4) is 0 Å². The van der Waals surface area contributed by atoms with E-state index in [2.05, 4.69) is 4.98 Å². The monoisotopic (exact) mass is 363 g/mol. The van der Waals surface area contributed by atoms with Crippen molar-refractivity contribution >= 4 is 12.0 Å². The van der Waals surface area contributed by atoms with Gasteiger partial charge in [-0.05, 0) is 13.0 Å². The van der Waals surface area contributed by atoms with Gasteiger partial charge in [-0.3, -0.25) is 4.79 Å². The molecule has 2 aliphatic rings. The molecule has 0 saturated carbocycles. The lowest BCUT2D eigenvalue weighted by atomic mass is 10.1. The number of piperazine rings is 1. The van der Waals surface area contributed by atoms with Crippen molar-refractivity contribution in [3.8, 4) is 5.88 Å². The van der Waals surface area contributed by atoms with E-state index in [4.69, 9.17) is 14.2 Å². The molecule has 26 heavy (non-hydrogen) atoms. The number of hydrogen-bond donors (Lipinski definition) is 0. The van der Waals surface area contributed by atoms with Gasteiger partial charge in [0.2, 0.25) is 5.88 Å². The van der Waals surface area contributed by atoms with E-state index in [9.17, 15) is 9.59 Å². The molecular formula is C18H25N3O5. The summed E-state index contributed by atoms with van der Waals surface area (Å²) in [4.78, 5) is 31.9. The van der Waals surface area contributed by atoms with E-state index in [0.717, 1.165) is 12.8 Å². The van der Waals surface area contributed by atoms with Crippen LogP contribution in [0.2, 0.25) is 0 Å². The second kappa shape index (κ2) is 8.84. The van der Waals surface area contributed by atoms with Crippen molar-refractivity contribution in [2.45, 2.75) is 25.9 Å². The molecule has 2 amide bonds. The third-order valence-electron chi connectivity index (χ3n) is 4.53. The molecule has 0 aliphatic carbocycles. The van der Waals surface area contributed by atoms with Gasteiger partial charge in [0.05, 0.1) is 25.4 Å². The summed E-state index contributed by atoms with van der Waals surface area (Å²) in [7, 11) is 0. The molecule has 1 aromatic heterocycles. The highest BCUT2D eigenvalue weighted by atomic mass is 16.6. The fraction of sp³-hybridized carbons (Fsp3) is 0.611. The Morgan fingerprint density at radius 2 is 1.85 bits per heavy atom. The van der Waals surface area contributed by atoms with Gasteiger partial charge in [-0.25, -0.2) is 9.78 Å². The van der Waals surface area contributed by atoms with E-state index in [1.165, 1.54) is 0 Å². The van der Waals surface area contributed by atoms with Crippen LogP contribution in [0.5, 0.6) is 5.88 Å². The van der Waals surface area contributed by atoms with Crippen molar-refractivity contribution in [2.75, 3.05) is 46.0 Å². The van der Waals surface area contributed by atoms with Gasteiger partial charge in [0.25, 0.3) is 5.91 Å². The third-order valence-corrected chi connectivity index (χ3v) is 4.53. The average Bonchev–Trinajstić information content (AvgIpc) is 2.69. The lowest BCUT2D eigenvalue weighted by Gasteiger charge is -2.34. The number of pyridine rings is 1. The molecule has 0 aromatic carbocycles. The van der Waals surface area contributed by atoms with Crippen LogP contribution in [-0.4, -0.2) is 78.9 Å². The molecule has 8 heteroatoms. The second-order valence-corrected chi connectivity index (χ2v) is 6.29. The zero-order valence-corrected chi connectivity index (χ0v) is 15.1. The number of aromatic nitrogens is 1. The van der Waals surface area contributed by atoms with Crippen LogP contribution in [-0.2, 0) is 9.47 Å². The summed E-state index contributed by atoms with van der Waals surface area (Å²) in [5.74, 6) is 0.444. The quantitative estimate of drug-likeness (QED) is 0.807. The van der Waals surface area contributed by atoms with Crippen molar-refractivity contribution in [3.05, 3.63) is 23.9 Å². The number of amides is 2. The molecule has 0 radical (unpaired) electrons. The molecule has 0 bridgehead atoms. The Morgan fingerprint density at radius 3 is 2.46 bits per heavy atom. The largest absolute Gasteiger partial charge is 0.474 e. The lowest BCUT2D eigenvalue weighted by molar-refractivity contribution is 0.0237. The Balaban J connectivity index is 1.51. The minimum absolute atomic E-state index is 0.0846.